The molecule has 0 fully saturated rings. The van der Waals surface area contributed by atoms with Crippen molar-refractivity contribution in [2.75, 3.05) is 6.54 Å². The molecule has 0 bridgehead atoms. The van der Waals surface area contributed by atoms with Crippen molar-refractivity contribution in [3.05, 3.63) is 47.3 Å². The fourth-order valence-electron chi connectivity index (χ4n) is 2.72. The van der Waals surface area contributed by atoms with Crippen molar-refractivity contribution in [1.82, 2.24) is 15.1 Å². The molecule has 4 nitrogen and oxygen atoms in total. The molecule has 1 aromatic carbocycles. The largest absolute Gasteiger partial charge is 0.351 e. The standard InChI is InChI=1S/C16H19N3O/c1-2-11-17-16(20)15-13-9-6-10-14(13)19(18-15)12-7-4-3-5-8-12/h3-5,7-8H,2,6,9-11H2,1H3,(H,17,20). The zero-order valence-corrected chi connectivity index (χ0v) is 11.7. The van der Waals surface area contributed by atoms with Crippen molar-refractivity contribution in [3.8, 4) is 5.69 Å². The number of carbonyl (C=O) groups is 1. The molecule has 1 aliphatic rings. The smallest absolute Gasteiger partial charge is 0.272 e. The van der Waals surface area contributed by atoms with Gasteiger partial charge in [0.2, 0.25) is 0 Å². The Bertz CT molecular complexity index is 616. The molecule has 4 heteroatoms. The highest BCUT2D eigenvalue weighted by molar-refractivity contribution is 5.94. The van der Waals surface area contributed by atoms with Gasteiger partial charge in [-0.05, 0) is 37.8 Å². The number of hydrogen-bond acceptors (Lipinski definition) is 2. The molecule has 1 heterocycles. The number of hydrogen-bond donors (Lipinski definition) is 1. The van der Waals surface area contributed by atoms with E-state index in [1.165, 1.54) is 5.69 Å². The predicted molar refractivity (Wildman–Crippen MR) is 78.2 cm³/mol. The van der Waals surface area contributed by atoms with Crippen LogP contribution in [0.3, 0.4) is 0 Å². The van der Waals surface area contributed by atoms with Crippen molar-refractivity contribution >= 4 is 5.91 Å². The molecule has 0 atom stereocenters. The number of para-hydroxylation sites is 1. The Morgan fingerprint density at radius 1 is 1.30 bits per heavy atom. The van der Waals surface area contributed by atoms with E-state index < -0.39 is 0 Å². The minimum atomic E-state index is -0.0420. The van der Waals surface area contributed by atoms with Crippen LogP contribution in [0.4, 0.5) is 0 Å². The molecule has 2 aromatic rings. The lowest BCUT2D eigenvalue weighted by Gasteiger charge is -2.04. The number of nitrogens with one attached hydrogen (secondary N) is 1. The lowest BCUT2D eigenvalue weighted by Crippen LogP contribution is -2.25. The van der Waals surface area contributed by atoms with E-state index >= 15 is 0 Å². The van der Waals surface area contributed by atoms with Crippen molar-refractivity contribution < 1.29 is 4.79 Å². The van der Waals surface area contributed by atoms with Crippen LogP contribution in [0.25, 0.3) is 5.69 Å². The SMILES string of the molecule is CCCNC(=O)c1nn(-c2ccccc2)c2c1CCC2. The summed E-state index contributed by atoms with van der Waals surface area (Å²) in [4.78, 5) is 12.2. The Hall–Kier alpha value is -2.10. The van der Waals surface area contributed by atoms with Gasteiger partial charge in [-0.2, -0.15) is 5.10 Å². The Kier molecular flexibility index (Phi) is 3.54. The Morgan fingerprint density at radius 2 is 2.10 bits per heavy atom. The van der Waals surface area contributed by atoms with Crippen molar-refractivity contribution in [2.45, 2.75) is 32.6 Å². The fraction of sp³-hybridized carbons (Fsp3) is 0.375. The van der Waals surface area contributed by atoms with Crippen molar-refractivity contribution in [1.29, 1.82) is 0 Å². The quantitative estimate of drug-likeness (QED) is 0.927. The van der Waals surface area contributed by atoms with Crippen molar-refractivity contribution in [3.63, 3.8) is 0 Å². The van der Waals surface area contributed by atoms with Gasteiger partial charge in [0.1, 0.15) is 0 Å². The van der Waals surface area contributed by atoms with Gasteiger partial charge in [0.15, 0.2) is 5.69 Å². The highest BCUT2D eigenvalue weighted by atomic mass is 16.1. The van der Waals surface area contributed by atoms with Gasteiger partial charge in [0.05, 0.1) is 5.69 Å². The van der Waals surface area contributed by atoms with E-state index in [2.05, 4.69) is 10.4 Å². The normalized spacial score (nSPS) is 13.2. The Morgan fingerprint density at radius 3 is 2.85 bits per heavy atom. The fourth-order valence-corrected chi connectivity index (χ4v) is 2.72. The summed E-state index contributed by atoms with van der Waals surface area (Å²) in [7, 11) is 0. The van der Waals surface area contributed by atoms with Gasteiger partial charge >= 0.3 is 0 Å². The van der Waals surface area contributed by atoms with Crippen LogP contribution in [-0.2, 0) is 12.8 Å². The minimum Gasteiger partial charge on any atom is -0.351 e. The zero-order valence-electron chi connectivity index (χ0n) is 11.7. The maximum Gasteiger partial charge on any atom is 0.272 e. The second-order valence-electron chi connectivity index (χ2n) is 5.13. The van der Waals surface area contributed by atoms with E-state index in [1.54, 1.807) is 0 Å². The highest BCUT2D eigenvalue weighted by Crippen LogP contribution is 2.27. The van der Waals surface area contributed by atoms with Crippen LogP contribution in [0.5, 0.6) is 0 Å². The Labute approximate surface area is 118 Å². The molecule has 3 rings (SSSR count). The second kappa shape index (κ2) is 5.49. The average Bonchev–Trinajstić information content (AvgIpc) is 3.07. The summed E-state index contributed by atoms with van der Waals surface area (Å²) in [5.41, 5.74) is 3.95. The molecule has 0 aliphatic heterocycles. The van der Waals surface area contributed by atoms with Crippen LogP contribution in [0, 0.1) is 0 Å². The summed E-state index contributed by atoms with van der Waals surface area (Å²) in [6.07, 6.45) is 4.00. The number of nitrogens with zero attached hydrogens (tertiary/aromatic N) is 2. The molecule has 1 aliphatic carbocycles. The maximum absolute atomic E-state index is 12.2. The van der Waals surface area contributed by atoms with E-state index in [0.29, 0.717) is 12.2 Å². The zero-order chi connectivity index (χ0) is 13.9. The minimum absolute atomic E-state index is 0.0420. The predicted octanol–water partition coefficient (Wildman–Crippen LogP) is 2.50. The topological polar surface area (TPSA) is 46.9 Å². The Balaban J connectivity index is 1.99. The van der Waals surface area contributed by atoms with Gasteiger partial charge < -0.3 is 5.32 Å². The molecule has 0 saturated carbocycles. The third-order valence-corrected chi connectivity index (χ3v) is 3.68. The van der Waals surface area contributed by atoms with Gasteiger partial charge in [-0.15, -0.1) is 0 Å². The first-order chi connectivity index (χ1) is 9.81. The van der Waals surface area contributed by atoms with Crippen LogP contribution in [0.2, 0.25) is 0 Å². The third-order valence-electron chi connectivity index (χ3n) is 3.68. The van der Waals surface area contributed by atoms with Gasteiger partial charge in [-0.25, -0.2) is 4.68 Å². The molecule has 0 radical (unpaired) electrons. The molecule has 0 saturated heterocycles. The van der Waals surface area contributed by atoms with Crippen LogP contribution >= 0.6 is 0 Å². The van der Waals surface area contributed by atoms with E-state index in [1.807, 2.05) is 41.9 Å². The van der Waals surface area contributed by atoms with Crippen LogP contribution in [-0.4, -0.2) is 22.2 Å². The van der Waals surface area contributed by atoms with E-state index in [0.717, 1.165) is 36.9 Å². The van der Waals surface area contributed by atoms with Crippen molar-refractivity contribution in [2.24, 2.45) is 0 Å². The van der Waals surface area contributed by atoms with Gasteiger partial charge in [-0.1, -0.05) is 25.1 Å². The third kappa shape index (κ3) is 2.22. The first kappa shape index (κ1) is 12.9. The summed E-state index contributed by atoms with van der Waals surface area (Å²) >= 11 is 0. The summed E-state index contributed by atoms with van der Waals surface area (Å²) in [5.74, 6) is -0.0420. The second-order valence-corrected chi connectivity index (χ2v) is 5.13. The number of amides is 1. The summed E-state index contributed by atoms with van der Waals surface area (Å²) in [5, 5.41) is 7.49. The molecule has 0 unspecified atom stereocenters. The summed E-state index contributed by atoms with van der Waals surface area (Å²) in [6, 6.07) is 10.0. The summed E-state index contributed by atoms with van der Waals surface area (Å²) < 4.78 is 1.93. The number of rotatable bonds is 4. The molecule has 0 spiro atoms. The lowest BCUT2D eigenvalue weighted by atomic mass is 10.2. The monoisotopic (exact) mass is 269 g/mol. The van der Waals surface area contributed by atoms with Gasteiger partial charge in [0, 0.05) is 17.8 Å². The number of carbonyl (C=O) groups excluding carboxylic acids is 1. The van der Waals surface area contributed by atoms with E-state index in [9.17, 15) is 4.79 Å². The number of aromatic nitrogens is 2. The van der Waals surface area contributed by atoms with Gasteiger partial charge in [0.25, 0.3) is 5.91 Å². The molecule has 104 valence electrons. The van der Waals surface area contributed by atoms with Crippen LogP contribution in [0.15, 0.2) is 30.3 Å². The maximum atomic E-state index is 12.2. The molecule has 20 heavy (non-hydrogen) atoms. The van der Waals surface area contributed by atoms with E-state index in [-0.39, 0.29) is 5.91 Å². The molecular formula is C16H19N3O. The first-order valence-electron chi connectivity index (χ1n) is 7.25. The lowest BCUT2D eigenvalue weighted by molar-refractivity contribution is 0.0947. The molecule has 1 aromatic heterocycles. The first-order valence-corrected chi connectivity index (χ1v) is 7.25. The summed E-state index contributed by atoms with van der Waals surface area (Å²) in [6.45, 7) is 2.75. The number of fused-ring (bicyclic) bond motifs is 1. The van der Waals surface area contributed by atoms with Crippen LogP contribution in [0.1, 0.15) is 41.5 Å². The molecule has 1 amide bonds. The highest BCUT2D eigenvalue weighted by Gasteiger charge is 2.26. The van der Waals surface area contributed by atoms with Crippen LogP contribution < -0.4 is 5.32 Å². The molecular weight excluding hydrogens is 250 g/mol. The van der Waals surface area contributed by atoms with E-state index in [4.69, 9.17) is 0 Å². The average molecular weight is 269 g/mol. The van der Waals surface area contributed by atoms with Gasteiger partial charge in [-0.3, -0.25) is 4.79 Å². The molecule has 1 N–H and O–H groups in total. The number of benzene rings is 1.